The van der Waals surface area contributed by atoms with Crippen molar-refractivity contribution in [2.45, 2.75) is 21.9 Å². The van der Waals surface area contributed by atoms with E-state index >= 15 is 0 Å². The lowest BCUT2D eigenvalue weighted by Gasteiger charge is -2.28. The lowest BCUT2D eigenvalue weighted by Crippen LogP contribution is -2.46. The SMILES string of the molecule is CS(=O)(=O)c1ccc([C@@H](OC(=O)OCCN)[C@@H](COC(=O)OCCN)NC(=O)C(Cl)Cl)cc1. The molecule has 2 atom stereocenters. The Morgan fingerprint density at radius 3 is 2.00 bits per heavy atom. The molecule has 0 spiro atoms. The topological polar surface area (TPSA) is 186 Å². The zero-order valence-corrected chi connectivity index (χ0v) is 19.9. The lowest BCUT2D eigenvalue weighted by molar-refractivity contribution is -0.122. The van der Waals surface area contributed by atoms with Gasteiger partial charge < -0.3 is 35.7 Å². The molecule has 1 aromatic rings. The van der Waals surface area contributed by atoms with Crippen LogP contribution < -0.4 is 16.8 Å². The van der Waals surface area contributed by atoms with Gasteiger partial charge in [0.05, 0.1) is 4.90 Å². The summed E-state index contributed by atoms with van der Waals surface area (Å²) >= 11 is 11.2. The second-order valence-corrected chi connectivity index (χ2v) is 9.49. The van der Waals surface area contributed by atoms with Crippen molar-refractivity contribution in [1.82, 2.24) is 5.32 Å². The number of rotatable bonds is 12. The smallest absolute Gasteiger partial charge is 0.433 e. The van der Waals surface area contributed by atoms with Crippen LogP contribution in [0.1, 0.15) is 11.7 Å². The van der Waals surface area contributed by atoms with Crippen LogP contribution >= 0.6 is 23.2 Å². The van der Waals surface area contributed by atoms with Crippen LogP contribution in [0, 0.1) is 0 Å². The van der Waals surface area contributed by atoms with E-state index in [1.165, 1.54) is 24.3 Å². The second kappa shape index (κ2) is 14.1. The Labute approximate surface area is 200 Å². The van der Waals surface area contributed by atoms with Gasteiger partial charge in [-0.25, -0.2) is 18.0 Å². The molecule has 0 unspecified atom stereocenters. The van der Waals surface area contributed by atoms with Crippen LogP contribution in [0.2, 0.25) is 0 Å². The first-order chi connectivity index (χ1) is 15.5. The van der Waals surface area contributed by atoms with Gasteiger partial charge in [0.15, 0.2) is 20.8 Å². The van der Waals surface area contributed by atoms with Crippen LogP contribution in [0.25, 0.3) is 0 Å². The molecule has 0 saturated carbocycles. The Bertz CT molecular complexity index is 898. The fourth-order valence-corrected chi connectivity index (χ4v) is 3.12. The zero-order chi connectivity index (χ0) is 25.0. The van der Waals surface area contributed by atoms with Crippen molar-refractivity contribution in [2.75, 3.05) is 39.2 Å². The first-order valence-corrected chi connectivity index (χ1v) is 12.2. The number of alkyl halides is 2. The number of nitrogens with two attached hydrogens (primary N) is 2. The summed E-state index contributed by atoms with van der Waals surface area (Å²) in [5.41, 5.74) is 10.8. The molecule has 0 bridgehead atoms. The first kappa shape index (κ1) is 28.7. The zero-order valence-electron chi connectivity index (χ0n) is 17.6. The molecule has 0 heterocycles. The molecule has 15 heteroatoms. The van der Waals surface area contributed by atoms with Crippen molar-refractivity contribution in [2.24, 2.45) is 11.5 Å². The summed E-state index contributed by atoms with van der Waals surface area (Å²) in [7, 11) is -3.51. The minimum Gasteiger partial charge on any atom is -0.433 e. The highest BCUT2D eigenvalue weighted by atomic mass is 35.5. The summed E-state index contributed by atoms with van der Waals surface area (Å²) in [4.78, 5) is 34.5. The van der Waals surface area contributed by atoms with Crippen LogP contribution in [-0.2, 0) is 33.6 Å². The van der Waals surface area contributed by atoms with Crippen LogP contribution in [0.15, 0.2) is 29.2 Å². The maximum absolute atomic E-state index is 12.1. The highest BCUT2D eigenvalue weighted by molar-refractivity contribution is 7.90. The molecule has 0 saturated heterocycles. The highest BCUT2D eigenvalue weighted by Gasteiger charge is 2.32. The van der Waals surface area contributed by atoms with Crippen LogP contribution in [-0.4, -0.2) is 76.7 Å². The van der Waals surface area contributed by atoms with E-state index in [1.54, 1.807) is 0 Å². The van der Waals surface area contributed by atoms with Gasteiger partial charge in [-0.3, -0.25) is 4.79 Å². The molecule has 1 rings (SSSR count). The third-order valence-corrected chi connectivity index (χ3v) is 5.33. The predicted octanol–water partition coefficient (Wildman–Crippen LogP) is 0.644. The fourth-order valence-electron chi connectivity index (χ4n) is 2.36. The van der Waals surface area contributed by atoms with E-state index in [1.807, 2.05) is 0 Å². The quantitative estimate of drug-likeness (QED) is 0.254. The Hall–Kier alpha value is -2.32. The standard InChI is InChI=1S/C18H25Cl2N3O9S/c1-33(27,28)12-4-2-11(3-5-12)14(32-18(26)30-9-7-22)13(23-16(24)15(19)20)10-31-17(25)29-8-6-21/h2-5,13-15H,6-10,21-22H2,1H3,(H,23,24)/t13-,14-/m1/s1. The van der Waals surface area contributed by atoms with Crippen molar-refractivity contribution in [3.63, 3.8) is 0 Å². The van der Waals surface area contributed by atoms with Gasteiger partial charge in [-0.1, -0.05) is 35.3 Å². The van der Waals surface area contributed by atoms with Gasteiger partial charge in [0.25, 0.3) is 5.91 Å². The van der Waals surface area contributed by atoms with Crippen molar-refractivity contribution < 1.29 is 41.7 Å². The summed E-state index contributed by atoms with van der Waals surface area (Å²) in [5, 5.41) is 2.40. The van der Waals surface area contributed by atoms with Crippen molar-refractivity contribution in [1.29, 1.82) is 0 Å². The number of carbonyl (C=O) groups is 3. The molecule has 0 aromatic heterocycles. The number of hydrogen-bond donors (Lipinski definition) is 3. The highest BCUT2D eigenvalue weighted by Crippen LogP contribution is 2.25. The minimum atomic E-state index is -3.51. The Morgan fingerprint density at radius 2 is 1.52 bits per heavy atom. The van der Waals surface area contributed by atoms with Gasteiger partial charge in [0.1, 0.15) is 25.9 Å². The van der Waals surface area contributed by atoms with Crippen LogP contribution in [0.3, 0.4) is 0 Å². The van der Waals surface area contributed by atoms with Crippen molar-refractivity contribution in [3.8, 4) is 0 Å². The first-order valence-electron chi connectivity index (χ1n) is 9.41. The Kier molecular flexibility index (Phi) is 12.2. The van der Waals surface area contributed by atoms with Gasteiger partial charge in [0, 0.05) is 19.3 Å². The average Bonchev–Trinajstić information content (AvgIpc) is 2.76. The largest absolute Gasteiger partial charge is 0.509 e. The van der Waals surface area contributed by atoms with E-state index in [2.05, 4.69) is 5.32 Å². The number of sulfone groups is 1. The van der Waals surface area contributed by atoms with Gasteiger partial charge in [-0.2, -0.15) is 0 Å². The molecule has 0 aliphatic heterocycles. The minimum absolute atomic E-state index is 0.000475. The fraction of sp³-hybridized carbons (Fsp3) is 0.500. The van der Waals surface area contributed by atoms with E-state index in [-0.39, 0.29) is 36.8 Å². The normalized spacial score (nSPS) is 13.0. The third-order valence-electron chi connectivity index (χ3n) is 3.81. The monoisotopic (exact) mass is 529 g/mol. The number of benzene rings is 1. The number of hydrogen-bond acceptors (Lipinski definition) is 11. The third kappa shape index (κ3) is 10.4. The van der Waals surface area contributed by atoms with Crippen LogP contribution in [0.5, 0.6) is 0 Å². The number of nitrogens with one attached hydrogen (secondary N) is 1. The van der Waals surface area contributed by atoms with Gasteiger partial charge >= 0.3 is 12.3 Å². The van der Waals surface area contributed by atoms with E-state index in [4.69, 9.17) is 53.6 Å². The molecular weight excluding hydrogens is 505 g/mol. The molecule has 1 aromatic carbocycles. The molecule has 12 nitrogen and oxygen atoms in total. The van der Waals surface area contributed by atoms with E-state index in [0.29, 0.717) is 0 Å². The molecule has 0 aliphatic carbocycles. The summed E-state index contributed by atoms with van der Waals surface area (Å²) in [6, 6.07) is 4.02. The summed E-state index contributed by atoms with van der Waals surface area (Å²) in [6.07, 6.45) is -2.53. The average molecular weight is 530 g/mol. The summed E-state index contributed by atoms with van der Waals surface area (Å²) < 4.78 is 43.3. The van der Waals surface area contributed by atoms with Crippen LogP contribution in [0.4, 0.5) is 9.59 Å². The molecular formula is C18H25Cl2N3O9S. The molecule has 0 aliphatic rings. The number of halogens is 2. The number of carbonyl (C=O) groups excluding carboxylic acids is 3. The molecule has 0 radical (unpaired) electrons. The molecule has 5 N–H and O–H groups in total. The number of ether oxygens (including phenoxy) is 4. The summed E-state index contributed by atoms with van der Waals surface area (Å²) in [6.45, 7) is -0.721. The van der Waals surface area contributed by atoms with Crippen molar-refractivity contribution in [3.05, 3.63) is 29.8 Å². The molecule has 186 valence electrons. The Balaban J connectivity index is 3.26. The molecule has 33 heavy (non-hydrogen) atoms. The van der Waals surface area contributed by atoms with Crippen molar-refractivity contribution >= 4 is 51.3 Å². The Morgan fingerprint density at radius 1 is 0.970 bits per heavy atom. The van der Waals surface area contributed by atoms with E-state index in [9.17, 15) is 22.8 Å². The van der Waals surface area contributed by atoms with E-state index < -0.39 is 51.6 Å². The van der Waals surface area contributed by atoms with E-state index in [0.717, 1.165) is 6.26 Å². The molecule has 0 fully saturated rings. The second-order valence-electron chi connectivity index (χ2n) is 6.38. The lowest BCUT2D eigenvalue weighted by atomic mass is 10.0. The van der Waals surface area contributed by atoms with Gasteiger partial charge in [-0.15, -0.1) is 0 Å². The molecule has 1 amide bonds. The maximum atomic E-state index is 12.1. The predicted molar refractivity (Wildman–Crippen MR) is 118 cm³/mol. The van der Waals surface area contributed by atoms with Gasteiger partial charge in [0.2, 0.25) is 0 Å². The maximum Gasteiger partial charge on any atom is 0.509 e. The van der Waals surface area contributed by atoms with Gasteiger partial charge in [-0.05, 0) is 17.7 Å². The summed E-state index contributed by atoms with van der Waals surface area (Å²) in [5.74, 6) is -0.876. The number of amides is 1.